The van der Waals surface area contributed by atoms with Crippen LogP contribution >= 0.6 is 0 Å². The SMILES string of the molecule is C=C(C)C(=O)NCCCC(C)C(C)(C)C(=O)O. The predicted octanol–water partition coefficient (Wildman–Crippen LogP) is 2.21. The van der Waals surface area contributed by atoms with Crippen molar-refractivity contribution < 1.29 is 14.7 Å². The van der Waals surface area contributed by atoms with Gasteiger partial charge in [0.15, 0.2) is 0 Å². The summed E-state index contributed by atoms with van der Waals surface area (Å²) in [4.78, 5) is 22.2. The normalized spacial score (nSPS) is 12.9. The highest BCUT2D eigenvalue weighted by molar-refractivity contribution is 5.91. The number of carbonyl (C=O) groups excluding carboxylic acids is 1. The van der Waals surface area contributed by atoms with Crippen LogP contribution in [0.15, 0.2) is 12.2 Å². The van der Waals surface area contributed by atoms with Crippen molar-refractivity contribution in [2.24, 2.45) is 11.3 Å². The molecular formula is C13H23NO3. The van der Waals surface area contributed by atoms with Crippen molar-refractivity contribution in [1.82, 2.24) is 5.32 Å². The largest absolute Gasteiger partial charge is 0.481 e. The Balaban J connectivity index is 3.95. The fraction of sp³-hybridized carbons (Fsp3) is 0.692. The van der Waals surface area contributed by atoms with E-state index in [1.54, 1.807) is 20.8 Å². The van der Waals surface area contributed by atoms with Crippen molar-refractivity contribution in [3.63, 3.8) is 0 Å². The molecule has 1 atom stereocenters. The first kappa shape index (κ1) is 15.7. The first-order chi connectivity index (χ1) is 7.69. The fourth-order valence-corrected chi connectivity index (χ4v) is 1.33. The molecule has 98 valence electrons. The van der Waals surface area contributed by atoms with E-state index in [0.29, 0.717) is 12.1 Å². The van der Waals surface area contributed by atoms with E-state index in [0.717, 1.165) is 12.8 Å². The zero-order valence-electron chi connectivity index (χ0n) is 11.2. The van der Waals surface area contributed by atoms with Crippen LogP contribution in [0.5, 0.6) is 0 Å². The van der Waals surface area contributed by atoms with Crippen molar-refractivity contribution in [2.45, 2.75) is 40.5 Å². The Kier molecular flexibility index (Phi) is 5.93. The van der Waals surface area contributed by atoms with Gasteiger partial charge in [-0.15, -0.1) is 0 Å². The van der Waals surface area contributed by atoms with Crippen LogP contribution in [0.2, 0.25) is 0 Å². The summed E-state index contributed by atoms with van der Waals surface area (Å²) in [7, 11) is 0. The second-order valence-electron chi connectivity index (χ2n) is 5.11. The highest BCUT2D eigenvalue weighted by Gasteiger charge is 2.33. The van der Waals surface area contributed by atoms with Gasteiger partial charge in [0.05, 0.1) is 5.41 Å². The number of carboxylic acid groups (broad SMARTS) is 1. The summed E-state index contributed by atoms with van der Waals surface area (Å²) in [5.41, 5.74) is -0.234. The Morgan fingerprint density at radius 3 is 2.35 bits per heavy atom. The number of hydrogen-bond donors (Lipinski definition) is 2. The molecule has 0 aliphatic carbocycles. The van der Waals surface area contributed by atoms with Crippen LogP contribution in [0.25, 0.3) is 0 Å². The first-order valence-corrected chi connectivity index (χ1v) is 5.86. The molecular weight excluding hydrogens is 218 g/mol. The van der Waals surface area contributed by atoms with E-state index in [-0.39, 0.29) is 11.8 Å². The summed E-state index contributed by atoms with van der Waals surface area (Å²) in [6, 6.07) is 0. The monoisotopic (exact) mass is 241 g/mol. The Morgan fingerprint density at radius 1 is 1.41 bits per heavy atom. The maximum Gasteiger partial charge on any atom is 0.309 e. The zero-order valence-corrected chi connectivity index (χ0v) is 11.2. The molecule has 0 rings (SSSR count). The average Bonchev–Trinajstić information content (AvgIpc) is 2.22. The standard InChI is InChI=1S/C13H23NO3/c1-9(2)11(15)14-8-6-7-10(3)13(4,5)12(16)17/h10H,1,6-8H2,2-5H3,(H,14,15)(H,16,17). The van der Waals surface area contributed by atoms with Gasteiger partial charge >= 0.3 is 5.97 Å². The van der Waals surface area contributed by atoms with Crippen LogP contribution < -0.4 is 5.32 Å². The van der Waals surface area contributed by atoms with Crippen LogP contribution in [0.3, 0.4) is 0 Å². The van der Waals surface area contributed by atoms with Crippen molar-refractivity contribution in [1.29, 1.82) is 0 Å². The number of rotatable bonds is 7. The molecule has 2 N–H and O–H groups in total. The minimum Gasteiger partial charge on any atom is -0.481 e. The Morgan fingerprint density at radius 2 is 1.94 bits per heavy atom. The van der Waals surface area contributed by atoms with Gasteiger partial charge in [0, 0.05) is 12.1 Å². The third-order valence-corrected chi connectivity index (χ3v) is 3.27. The number of nitrogens with one attached hydrogen (secondary N) is 1. The molecule has 1 amide bonds. The predicted molar refractivity (Wildman–Crippen MR) is 67.6 cm³/mol. The molecule has 1 unspecified atom stereocenters. The lowest BCUT2D eigenvalue weighted by atomic mass is 9.78. The molecule has 4 nitrogen and oxygen atoms in total. The zero-order chi connectivity index (χ0) is 13.6. The summed E-state index contributed by atoms with van der Waals surface area (Å²) in [5.74, 6) is -0.854. The molecule has 0 heterocycles. The fourth-order valence-electron chi connectivity index (χ4n) is 1.33. The lowest BCUT2D eigenvalue weighted by Gasteiger charge is -2.27. The number of carbonyl (C=O) groups is 2. The quantitative estimate of drug-likeness (QED) is 0.530. The molecule has 0 bridgehead atoms. The summed E-state index contributed by atoms with van der Waals surface area (Å²) in [6.07, 6.45) is 1.55. The van der Waals surface area contributed by atoms with Crippen molar-refractivity contribution in [3.05, 3.63) is 12.2 Å². The maximum atomic E-state index is 11.2. The summed E-state index contributed by atoms with van der Waals surface area (Å²) < 4.78 is 0. The van der Waals surface area contributed by atoms with E-state index in [1.807, 2.05) is 6.92 Å². The van der Waals surface area contributed by atoms with Crippen LogP contribution in [-0.4, -0.2) is 23.5 Å². The second kappa shape index (κ2) is 6.42. The van der Waals surface area contributed by atoms with Gasteiger partial charge in [-0.1, -0.05) is 13.5 Å². The van der Waals surface area contributed by atoms with Crippen molar-refractivity contribution in [3.8, 4) is 0 Å². The molecule has 0 saturated carbocycles. The van der Waals surface area contributed by atoms with Gasteiger partial charge in [-0.05, 0) is 39.5 Å². The minimum atomic E-state index is -0.782. The molecule has 0 aliphatic rings. The Bertz CT molecular complexity index is 308. The molecule has 0 spiro atoms. The summed E-state index contributed by atoms with van der Waals surface area (Å²) >= 11 is 0. The van der Waals surface area contributed by atoms with E-state index in [4.69, 9.17) is 5.11 Å². The third kappa shape index (κ3) is 5.02. The smallest absolute Gasteiger partial charge is 0.309 e. The van der Waals surface area contributed by atoms with E-state index < -0.39 is 11.4 Å². The molecule has 0 radical (unpaired) electrons. The third-order valence-electron chi connectivity index (χ3n) is 3.27. The van der Waals surface area contributed by atoms with Crippen LogP contribution in [-0.2, 0) is 9.59 Å². The van der Waals surface area contributed by atoms with E-state index in [2.05, 4.69) is 11.9 Å². The number of hydrogen-bond acceptors (Lipinski definition) is 2. The maximum absolute atomic E-state index is 11.2. The molecule has 17 heavy (non-hydrogen) atoms. The second-order valence-corrected chi connectivity index (χ2v) is 5.11. The van der Waals surface area contributed by atoms with E-state index in [1.165, 1.54) is 0 Å². The highest BCUT2D eigenvalue weighted by Crippen LogP contribution is 2.30. The lowest BCUT2D eigenvalue weighted by Crippen LogP contribution is -2.32. The number of carboxylic acids is 1. The molecule has 0 aliphatic heterocycles. The van der Waals surface area contributed by atoms with Crippen molar-refractivity contribution in [2.75, 3.05) is 6.54 Å². The lowest BCUT2D eigenvalue weighted by molar-refractivity contribution is -0.149. The van der Waals surface area contributed by atoms with Gasteiger partial charge in [-0.3, -0.25) is 9.59 Å². The molecule has 4 heteroatoms. The molecule has 0 fully saturated rings. The van der Waals surface area contributed by atoms with Crippen LogP contribution in [0.4, 0.5) is 0 Å². The van der Waals surface area contributed by atoms with Crippen molar-refractivity contribution >= 4 is 11.9 Å². The average molecular weight is 241 g/mol. The minimum absolute atomic E-state index is 0.0710. The molecule has 0 aromatic heterocycles. The highest BCUT2D eigenvalue weighted by atomic mass is 16.4. The molecule has 0 saturated heterocycles. The molecule has 0 aromatic rings. The summed E-state index contributed by atoms with van der Waals surface area (Å²) in [6.45, 7) is 11.1. The Labute approximate surface area is 103 Å². The van der Waals surface area contributed by atoms with Gasteiger partial charge in [-0.25, -0.2) is 0 Å². The van der Waals surface area contributed by atoms with Gasteiger partial charge in [0.2, 0.25) is 5.91 Å². The summed E-state index contributed by atoms with van der Waals surface area (Å²) in [5, 5.41) is 11.8. The number of amides is 1. The van der Waals surface area contributed by atoms with Gasteiger partial charge < -0.3 is 10.4 Å². The topological polar surface area (TPSA) is 66.4 Å². The first-order valence-electron chi connectivity index (χ1n) is 5.86. The number of aliphatic carboxylic acids is 1. The van der Waals surface area contributed by atoms with Crippen LogP contribution in [0.1, 0.15) is 40.5 Å². The Hall–Kier alpha value is -1.32. The van der Waals surface area contributed by atoms with E-state index >= 15 is 0 Å². The van der Waals surface area contributed by atoms with Gasteiger partial charge in [0.25, 0.3) is 0 Å². The van der Waals surface area contributed by atoms with Gasteiger partial charge in [-0.2, -0.15) is 0 Å². The van der Waals surface area contributed by atoms with Gasteiger partial charge in [0.1, 0.15) is 0 Å². The van der Waals surface area contributed by atoms with Crippen LogP contribution in [0, 0.1) is 11.3 Å². The molecule has 0 aromatic carbocycles. The van der Waals surface area contributed by atoms with E-state index in [9.17, 15) is 9.59 Å².